The molecule has 2 rings (SSSR count). The van der Waals surface area contributed by atoms with Gasteiger partial charge in [0.1, 0.15) is 0 Å². The summed E-state index contributed by atoms with van der Waals surface area (Å²) in [6, 6.07) is 15.9. The molecule has 2 aromatic rings. The van der Waals surface area contributed by atoms with Gasteiger partial charge in [0, 0.05) is 57.9 Å². The zero-order valence-electron chi connectivity index (χ0n) is 23.0. The van der Waals surface area contributed by atoms with E-state index in [0.717, 1.165) is 13.2 Å². The third-order valence-corrected chi connectivity index (χ3v) is 2.34. The summed E-state index contributed by atoms with van der Waals surface area (Å²) >= 11 is 0. The first-order chi connectivity index (χ1) is 17.3. The van der Waals surface area contributed by atoms with Crippen molar-refractivity contribution < 1.29 is 29.3 Å². The van der Waals surface area contributed by atoms with Gasteiger partial charge in [0.15, 0.2) is 0 Å². The van der Waals surface area contributed by atoms with Crippen LogP contribution in [0.1, 0.15) is 84.6 Å². The van der Waals surface area contributed by atoms with Crippen molar-refractivity contribution in [2.45, 2.75) is 84.6 Å². The van der Waals surface area contributed by atoms with Crippen LogP contribution in [0.15, 0.2) is 60.7 Å². The van der Waals surface area contributed by atoms with E-state index < -0.39 is 9.85 Å². The average Bonchev–Trinajstić information content (AvgIpc) is 2.82. The Kier molecular flexibility index (Phi) is 78.4. The predicted molar refractivity (Wildman–Crippen MR) is 174 cm³/mol. The van der Waals surface area contributed by atoms with Crippen LogP contribution in [0.2, 0.25) is 0 Å². The van der Waals surface area contributed by atoms with Gasteiger partial charge in [-0.2, -0.15) is 0 Å². The maximum Gasteiger partial charge on any atom is 0.269 e. The first-order valence-electron chi connectivity index (χ1n) is 11.4. The molecule has 0 aliphatic rings. The van der Waals surface area contributed by atoms with E-state index in [-0.39, 0.29) is 59.5 Å². The number of ether oxygens (including phenoxy) is 1. The van der Waals surface area contributed by atoms with Gasteiger partial charge in [0.25, 0.3) is 11.4 Å². The minimum atomic E-state index is -0.417. The molecule has 2 amide bonds. The Labute approximate surface area is 249 Å². The zero-order chi connectivity index (χ0) is 30.1. The molecule has 12 heteroatoms. The van der Waals surface area contributed by atoms with Gasteiger partial charge in [-0.15, -0.1) is 0 Å². The lowest BCUT2D eigenvalue weighted by Crippen LogP contribution is -2.01. The van der Waals surface area contributed by atoms with Crippen LogP contribution in [-0.4, -0.2) is 46.6 Å². The van der Waals surface area contributed by atoms with E-state index in [1.165, 1.54) is 44.5 Å². The fourth-order valence-corrected chi connectivity index (χ4v) is 1.30. The Morgan fingerprint density at radius 1 is 0.683 bits per heavy atom. The third kappa shape index (κ3) is 85.9. The molecule has 5 N–H and O–H groups in total. The second-order valence-electron chi connectivity index (χ2n) is 6.21. The number of carbonyl (C=O) groups is 2. The van der Waals surface area contributed by atoms with E-state index in [4.69, 9.17) is 9.84 Å². The summed E-state index contributed by atoms with van der Waals surface area (Å²) in [4.78, 5) is 37.6. The lowest BCUT2D eigenvalue weighted by Gasteiger charge is -1.86. The smallest absolute Gasteiger partial charge is 0.269 e. The molecule has 0 aromatic heterocycles. The fraction of sp³-hybridized carbons (Fsp3) is 0.517. The first-order valence-corrected chi connectivity index (χ1v) is 11.4. The second-order valence-corrected chi connectivity index (χ2v) is 6.21. The van der Waals surface area contributed by atoms with Crippen LogP contribution in [0.5, 0.6) is 0 Å². The molecule has 0 radical (unpaired) electrons. The van der Waals surface area contributed by atoms with Crippen LogP contribution in [0, 0.1) is 20.2 Å². The molecule has 0 spiro atoms. The number of rotatable bonds is 4. The molecular formula is C29H60N4O8. The maximum absolute atomic E-state index is 10.0. The Morgan fingerprint density at radius 2 is 0.854 bits per heavy atom. The first kappa shape index (κ1) is 61.2. The number of nitro benzene ring substituents is 2. The van der Waals surface area contributed by atoms with Crippen LogP contribution < -0.4 is 11.5 Å². The molecule has 0 saturated carbocycles. The summed E-state index contributed by atoms with van der Waals surface area (Å²) in [5.74, 6) is -0.667. The highest BCUT2D eigenvalue weighted by molar-refractivity contribution is 5.70. The number of nitrogens with two attached hydrogens (primary N) is 2. The lowest BCUT2D eigenvalue weighted by atomic mass is 10.3. The zero-order valence-corrected chi connectivity index (χ0v) is 23.0. The minimum absolute atomic E-state index is 0. The van der Waals surface area contributed by atoms with Gasteiger partial charge in [-0.3, -0.25) is 29.8 Å². The Balaban J connectivity index is -0.0000000430. The molecule has 2 aromatic carbocycles. The van der Waals surface area contributed by atoms with E-state index >= 15 is 0 Å². The van der Waals surface area contributed by atoms with Crippen LogP contribution in [0.3, 0.4) is 0 Å². The second kappa shape index (κ2) is 52.5. The number of primary amides is 2. The molecule has 12 nitrogen and oxygen atoms in total. The molecule has 0 unspecified atom stereocenters. The number of nitro groups is 2. The van der Waals surface area contributed by atoms with E-state index in [0.29, 0.717) is 0 Å². The molecule has 0 saturated heterocycles. The average molecular weight is 593 g/mol. The number of carbonyl (C=O) groups excluding carboxylic acids is 2. The summed E-state index contributed by atoms with van der Waals surface area (Å²) in [6.07, 6.45) is 1.25. The molecule has 244 valence electrons. The van der Waals surface area contributed by atoms with E-state index in [1.54, 1.807) is 43.3 Å². The highest BCUT2D eigenvalue weighted by atomic mass is 16.6. The molecule has 0 aliphatic heterocycles. The van der Waals surface area contributed by atoms with Crippen molar-refractivity contribution in [2.24, 2.45) is 11.5 Å². The van der Waals surface area contributed by atoms with Gasteiger partial charge in [-0.05, 0) is 20.8 Å². The summed E-state index contributed by atoms with van der Waals surface area (Å²) < 4.78 is 4.83. The molecule has 0 atom stereocenters. The van der Waals surface area contributed by atoms with Crippen LogP contribution >= 0.6 is 0 Å². The third-order valence-electron chi connectivity index (χ3n) is 2.34. The minimum Gasteiger partial charge on any atom is -0.397 e. The van der Waals surface area contributed by atoms with E-state index in [2.05, 4.69) is 25.3 Å². The summed E-state index contributed by atoms with van der Waals surface area (Å²) in [6.45, 7) is 14.5. The van der Waals surface area contributed by atoms with Gasteiger partial charge in [0.2, 0.25) is 11.8 Å². The van der Waals surface area contributed by atoms with Gasteiger partial charge < -0.3 is 21.3 Å². The van der Waals surface area contributed by atoms with Crippen molar-refractivity contribution in [3.05, 3.63) is 80.9 Å². The molecule has 0 aliphatic carbocycles. The van der Waals surface area contributed by atoms with Crippen LogP contribution in [0.25, 0.3) is 0 Å². The number of aliphatic hydroxyl groups excluding tert-OH is 1. The number of benzene rings is 2. The van der Waals surface area contributed by atoms with Crippen molar-refractivity contribution in [2.75, 3.05) is 19.8 Å². The molecule has 0 fully saturated rings. The van der Waals surface area contributed by atoms with Crippen molar-refractivity contribution >= 4 is 23.2 Å². The number of amides is 2. The van der Waals surface area contributed by atoms with Gasteiger partial charge in [-0.25, -0.2) is 0 Å². The number of hydrogen-bond donors (Lipinski definition) is 3. The van der Waals surface area contributed by atoms with Crippen LogP contribution in [0.4, 0.5) is 11.4 Å². The predicted octanol–water partition coefficient (Wildman–Crippen LogP) is 7.17. The van der Waals surface area contributed by atoms with Gasteiger partial charge in [-0.1, -0.05) is 86.4 Å². The number of non-ortho nitro benzene ring substituents is 2. The van der Waals surface area contributed by atoms with Gasteiger partial charge in [0.05, 0.1) is 9.85 Å². The Morgan fingerprint density at radius 3 is 0.927 bits per heavy atom. The van der Waals surface area contributed by atoms with Crippen molar-refractivity contribution in [3.63, 3.8) is 0 Å². The topological polar surface area (TPSA) is 202 Å². The Bertz CT molecular complexity index is 705. The maximum atomic E-state index is 10.0. The standard InChI is InChI=1S/2C6H5NO2.C4H10O.C3H8.2C2H5NO.C2H6O.4CH4/c2*8-7(9)6-4-2-1-3-5-6;1-3-5-4-2;1-3-2;2*1-2(3)4;1-2-3;;;;/h2*1-5H;3-4H2,1-2H3;3H2,1-2H3;2*1H3,(H2,3,4);3H,2H2,1H3;4*1H4. The summed E-state index contributed by atoms with van der Waals surface area (Å²) in [5.41, 5.74) is 9.22. The lowest BCUT2D eigenvalue weighted by molar-refractivity contribution is -0.385. The number of hydrogen-bond acceptors (Lipinski definition) is 8. The van der Waals surface area contributed by atoms with Crippen molar-refractivity contribution in [1.82, 2.24) is 0 Å². The monoisotopic (exact) mass is 592 g/mol. The fourth-order valence-electron chi connectivity index (χ4n) is 1.30. The molecule has 0 bridgehead atoms. The van der Waals surface area contributed by atoms with E-state index in [9.17, 15) is 29.8 Å². The Hall–Kier alpha value is -3.90. The van der Waals surface area contributed by atoms with Crippen molar-refractivity contribution in [3.8, 4) is 0 Å². The number of para-hydroxylation sites is 2. The SMILES string of the molecule is C.C.C.C.CC(N)=O.CC(N)=O.CCC.CCO.CCOCC.O=[N+]([O-])c1ccccc1.O=[N+]([O-])c1ccccc1. The number of nitrogens with zero attached hydrogens (tertiary/aromatic N) is 2. The van der Waals surface area contributed by atoms with E-state index in [1.807, 2.05) is 13.8 Å². The number of aliphatic hydroxyl groups is 1. The van der Waals surface area contributed by atoms with Gasteiger partial charge >= 0.3 is 0 Å². The largest absolute Gasteiger partial charge is 0.397 e. The molecule has 41 heavy (non-hydrogen) atoms. The molecular weight excluding hydrogens is 532 g/mol. The normalized spacial score (nSPS) is 7.02. The van der Waals surface area contributed by atoms with Crippen LogP contribution in [-0.2, 0) is 14.3 Å². The highest BCUT2D eigenvalue weighted by Crippen LogP contribution is 2.07. The van der Waals surface area contributed by atoms with Crippen molar-refractivity contribution in [1.29, 1.82) is 0 Å². The summed E-state index contributed by atoms with van der Waals surface area (Å²) in [5, 5.41) is 27.6. The summed E-state index contributed by atoms with van der Waals surface area (Å²) in [7, 11) is 0. The quantitative estimate of drug-likeness (QED) is 0.244. The highest BCUT2D eigenvalue weighted by Gasteiger charge is 1.99. The molecule has 0 heterocycles.